The molecule has 0 spiro atoms. The van der Waals surface area contributed by atoms with Gasteiger partial charge in [-0.05, 0) is 43.7 Å². The Bertz CT molecular complexity index is 1260. The van der Waals surface area contributed by atoms with Crippen LogP contribution in [0.3, 0.4) is 0 Å². The van der Waals surface area contributed by atoms with Gasteiger partial charge < -0.3 is 10.6 Å². The molecule has 1 heterocycles. The smallest absolute Gasteiger partial charge is 0.272 e. The van der Waals surface area contributed by atoms with Crippen LogP contribution in [0.25, 0.3) is 16.9 Å². The second-order valence-corrected chi connectivity index (χ2v) is 11.3. The molecule has 2 N–H and O–H groups in total. The zero-order valence-electron chi connectivity index (χ0n) is 23.4. The van der Waals surface area contributed by atoms with Crippen LogP contribution in [0.1, 0.15) is 87.2 Å². The number of halogens is 3. The Morgan fingerprint density at radius 2 is 1.40 bits per heavy atom. The lowest BCUT2D eigenvalue weighted by atomic mass is 10.1. The molecule has 2 aromatic carbocycles. The van der Waals surface area contributed by atoms with Gasteiger partial charge in [-0.1, -0.05) is 105 Å². The van der Waals surface area contributed by atoms with E-state index in [1.54, 1.807) is 35.0 Å². The number of rotatable bonds is 16. The van der Waals surface area contributed by atoms with E-state index in [2.05, 4.69) is 22.7 Å². The van der Waals surface area contributed by atoms with Crippen molar-refractivity contribution in [3.8, 4) is 16.9 Å². The first-order valence-electron chi connectivity index (χ1n) is 14.2. The molecular formula is C31H39Cl3N4O2. The Morgan fingerprint density at radius 3 is 2.05 bits per heavy atom. The quantitative estimate of drug-likeness (QED) is 0.161. The molecular weight excluding hydrogens is 567 g/mol. The number of carbonyl (C=O) groups excluding carboxylic acids is 2. The Kier molecular flexibility index (Phi) is 13.3. The summed E-state index contributed by atoms with van der Waals surface area (Å²) in [5.41, 5.74) is 3.13. The highest BCUT2D eigenvalue weighted by atomic mass is 35.5. The number of amides is 2. The van der Waals surface area contributed by atoms with E-state index < -0.39 is 0 Å². The van der Waals surface area contributed by atoms with Crippen LogP contribution in [0.4, 0.5) is 0 Å². The second-order valence-electron chi connectivity index (χ2n) is 10.0. The van der Waals surface area contributed by atoms with E-state index in [0.29, 0.717) is 45.8 Å². The van der Waals surface area contributed by atoms with Crippen LogP contribution in [-0.2, 0) is 4.79 Å². The number of carbonyl (C=O) groups is 2. The first-order valence-corrected chi connectivity index (χ1v) is 15.3. The second kappa shape index (κ2) is 16.7. The lowest BCUT2D eigenvalue weighted by Crippen LogP contribution is -2.35. The number of nitrogens with one attached hydrogen (secondary N) is 2. The molecule has 0 aliphatic rings. The van der Waals surface area contributed by atoms with Gasteiger partial charge in [0, 0.05) is 40.7 Å². The third-order valence-electron chi connectivity index (χ3n) is 6.83. The molecule has 2 amide bonds. The van der Waals surface area contributed by atoms with E-state index in [9.17, 15) is 9.59 Å². The summed E-state index contributed by atoms with van der Waals surface area (Å²) < 4.78 is 1.65. The van der Waals surface area contributed by atoms with Crippen LogP contribution in [0.15, 0.2) is 42.5 Å². The van der Waals surface area contributed by atoms with Gasteiger partial charge in [-0.15, -0.1) is 0 Å². The van der Waals surface area contributed by atoms with Crippen molar-refractivity contribution in [2.75, 3.05) is 13.1 Å². The summed E-state index contributed by atoms with van der Waals surface area (Å²) in [4.78, 5) is 25.3. The largest absolute Gasteiger partial charge is 0.354 e. The summed E-state index contributed by atoms with van der Waals surface area (Å²) in [5, 5.41) is 11.9. The molecule has 0 saturated carbocycles. The van der Waals surface area contributed by atoms with E-state index in [0.717, 1.165) is 24.1 Å². The minimum atomic E-state index is -0.329. The third-order valence-corrected chi connectivity index (χ3v) is 7.62. The summed E-state index contributed by atoms with van der Waals surface area (Å²) in [5.74, 6) is -0.315. The normalized spacial score (nSPS) is 11.0. The van der Waals surface area contributed by atoms with E-state index >= 15 is 0 Å². The Labute approximate surface area is 252 Å². The fraction of sp³-hybridized carbons (Fsp3) is 0.452. The average Bonchev–Trinajstić information content (AvgIpc) is 3.27. The highest BCUT2D eigenvalue weighted by Gasteiger charge is 2.23. The Balaban J connectivity index is 1.54. The Morgan fingerprint density at radius 1 is 0.800 bits per heavy atom. The van der Waals surface area contributed by atoms with Crippen LogP contribution < -0.4 is 10.6 Å². The molecule has 1 aromatic heterocycles. The first-order chi connectivity index (χ1) is 19.3. The number of hydrogen-bond acceptors (Lipinski definition) is 3. The fourth-order valence-electron chi connectivity index (χ4n) is 4.63. The van der Waals surface area contributed by atoms with Gasteiger partial charge in [0.1, 0.15) is 0 Å². The van der Waals surface area contributed by atoms with Crippen LogP contribution in [0.2, 0.25) is 15.1 Å². The topological polar surface area (TPSA) is 76.0 Å². The van der Waals surface area contributed by atoms with Crippen molar-refractivity contribution in [2.45, 2.75) is 78.1 Å². The van der Waals surface area contributed by atoms with Crippen molar-refractivity contribution in [1.29, 1.82) is 0 Å². The van der Waals surface area contributed by atoms with Crippen LogP contribution in [0.5, 0.6) is 0 Å². The molecule has 0 aliphatic heterocycles. The van der Waals surface area contributed by atoms with Crippen LogP contribution >= 0.6 is 34.8 Å². The summed E-state index contributed by atoms with van der Waals surface area (Å²) in [6.07, 6.45) is 11.4. The van der Waals surface area contributed by atoms with Gasteiger partial charge >= 0.3 is 0 Å². The van der Waals surface area contributed by atoms with E-state index in [4.69, 9.17) is 34.8 Å². The molecule has 3 rings (SSSR count). The summed E-state index contributed by atoms with van der Waals surface area (Å²) in [6, 6.07) is 12.4. The third kappa shape index (κ3) is 9.53. The molecule has 9 heteroatoms. The molecule has 6 nitrogen and oxygen atoms in total. The minimum Gasteiger partial charge on any atom is -0.354 e. The maximum atomic E-state index is 13.1. The van der Waals surface area contributed by atoms with Gasteiger partial charge in [0.15, 0.2) is 5.69 Å². The van der Waals surface area contributed by atoms with E-state index in [1.807, 2.05) is 19.1 Å². The average molecular weight is 606 g/mol. The number of nitrogens with zero attached hydrogens (tertiary/aromatic N) is 2. The number of benzene rings is 2. The maximum Gasteiger partial charge on any atom is 0.272 e. The highest BCUT2D eigenvalue weighted by molar-refractivity contribution is 6.35. The van der Waals surface area contributed by atoms with Gasteiger partial charge in [0.25, 0.3) is 5.91 Å². The van der Waals surface area contributed by atoms with Crippen LogP contribution in [0, 0.1) is 6.92 Å². The van der Waals surface area contributed by atoms with Gasteiger partial charge in [0.05, 0.1) is 16.4 Å². The first kappa shape index (κ1) is 32.0. The molecule has 0 saturated heterocycles. The predicted octanol–water partition coefficient (Wildman–Crippen LogP) is 8.57. The van der Waals surface area contributed by atoms with Gasteiger partial charge in [-0.2, -0.15) is 5.10 Å². The van der Waals surface area contributed by atoms with Crippen molar-refractivity contribution in [2.24, 2.45) is 0 Å². The number of aromatic nitrogens is 2. The molecule has 0 fully saturated rings. The zero-order chi connectivity index (χ0) is 28.9. The van der Waals surface area contributed by atoms with Gasteiger partial charge in [0.2, 0.25) is 5.91 Å². The van der Waals surface area contributed by atoms with Crippen molar-refractivity contribution in [3.05, 3.63) is 68.8 Å². The predicted molar refractivity (Wildman–Crippen MR) is 166 cm³/mol. The SMILES string of the molecule is CCCCCCCCCCCC(=O)NCCNC(=O)c1nn(-c2ccc(Cl)cc2Cl)c(-c2ccc(Cl)cc2)c1C. The van der Waals surface area contributed by atoms with Crippen molar-refractivity contribution < 1.29 is 9.59 Å². The van der Waals surface area contributed by atoms with Crippen molar-refractivity contribution in [1.82, 2.24) is 20.4 Å². The van der Waals surface area contributed by atoms with Crippen molar-refractivity contribution >= 4 is 46.6 Å². The lowest BCUT2D eigenvalue weighted by Gasteiger charge is -2.11. The minimum absolute atomic E-state index is 0.0139. The molecule has 0 atom stereocenters. The summed E-state index contributed by atoms with van der Waals surface area (Å²) in [7, 11) is 0. The molecule has 0 unspecified atom stereocenters. The maximum absolute atomic E-state index is 13.1. The molecule has 3 aromatic rings. The number of unbranched alkanes of at least 4 members (excludes halogenated alkanes) is 8. The number of hydrogen-bond donors (Lipinski definition) is 2. The van der Waals surface area contributed by atoms with Crippen LogP contribution in [-0.4, -0.2) is 34.7 Å². The summed E-state index contributed by atoms with van der Waals surface area (Å²) in [6.45, 7) is 4.73. The standard InChI is InChI=1S/C31H39Cl3N4O2/c1-3-4-5-6-7-8-9-10-11-12-28(39)35-19-20-36-31(40)29-22(2)30(23-13-15-24(32)16-14-23)38(37-29)27-18-17-25(33)21-26(27)34/h13-18,21H,3-12,19-20H2,1-2H3,(H,35,39)(H,36,40). The van der Waals surface area contributed by atoms with Crippen molar-refractivity contribution in [3.63, 3.8) is 0 Å². The molecule has 40 heavy (non-hydrogen) atoms. The Hall–Kier alpha value is -2.54. The van der Waals surface area contributed by atoms with E-state index in [-0.39, 0.29) is 17.5 Å². The fourth-order valence-corrected chi connectivity index (χ4v) is 5.25. The molecule has 216 valence electrons. The van der Waals surface area contributed by atoms with Gasteiger partial charge in [-0.3, -0.25) is 9.59 Å². The summed E-state index contributed by atoms with van der Waals surface area (Å²) >= 11 is 18.7. The zero-order valence-corrected chi connectivity index (χ0v) is 25.6. The molecule has 0 aliphatic carbocycles. The van der Waals surface area contributed by atoms with E-state index in [1.165, 1.54) is 44.9 Å². The molecule has 0 radical (unpaired) electrons. The van der Waals surface area contributed by atoms with Gasteiger partial charge in [-0.25, -0.2) is 4.68 Å². The molecule has 0 bridgehead atoms. The highest BCUT2D eigenvalue weighted by Crippen LogP contribution is 2.33. The monoisotopic (exact) mass is 604 g/mol. The lowest BCUT2D eigenvalue weighted by molar-refractivity contribution is -0.121.